The maximum atomic E-state index is 9.33. The molecule has 3 heteroatoms. The van der Waals surface area contributed by atoms with E-state index in [-0.39, 0.29) is 6.10 Å². The summed E-state index contributed by atoms with van der Waals surface area (Å²) in [5.74, 6) is 0. The Balaban J connectivity index is 2.35. The minimum atomic E-state index is -0.238. The van der Waals surface area contributed by atoms with Gasteiger partial charge >= 0.3 is 0 Å². The average Bonchev–Trinajstić information content (AvgIpc) is 2.20. The highest BCUT2D eigenvalue weighted by molar-refractivity contribution is 9.10. The van der Waals surface area contributed by atoms with Crippen LogP contribution in [0.5, 0.6) is 0 Å². The topological polar surface area (TPSA) is 32.3 Å². The van der Waals surface area contributed by atoms with Gasteiger partial charge in [0.15, 0.2) is 0 Å². The van der Waals surface area contributed by atoms with Gasteiger partial charge in [0.25, 0.3) is 0 Å². The predicted octanol–water partition coefficient (Wildman–Crippen LogP) is 2.31. The summed E-state index contributed by atoms with van der Waals surface area (Å²) in [7, 11) is 0. The van der Waals surface area contributed by atoms with E-state index in [1.165, 1.54) is 5.56 Å². The van der Waals surface area contributed by atoms with E-state index in [2.05, 4.69) is 27.3 Å². The number of aliphatic hydroxyl groups excluding tert-OH is 1. The second-order valence-electron chi connectivity index (χ2n) is 3.28. The molecule has 14 heavy (non-hydrogen) atoms. The lowest BCUT2D eigenvalue weighted by atomic mass is 10.2. The van der Waals surface area contributed by atoms with Crippen LogP contribution in [0.1, 0.15) is 18.9 Å². The number of hydrogen-bond acceptors (Lipinski definition) is 2. The van der Waals surface area contributed by atoms with Crippen molar-refractivity contribution in [2.45, 2.75) is 26.0 Å². The first-order valence-electron chi connectivity index (χ1n) is 4.86. The average molecular weight is 258 g/mol. The van der Waals surface area contributed by atoms with Gasteiger partial charge in [-0.3, -0.25) is 0 Å². The molecule has 1 rings (SSSR count). The third-order valence-electron chi connectivity index (χ3n) is 2.12. The quantitative estimate of drug-likeness (QED) is 0.849. The highest BCUT2D eigenvalue weighted by atomic mass is 79.9. The standard InChI is InChI=1S/C11H16BrNO/c1-2-10(14)8-13-7-9-5-3-4-6-11(9)12/h3-6,10,13-14H,2,7-8H2,1H3/t10-/m1/s1. The first-order valence-corrected chi connectivity index (χ1v) is 5.65. The van der Waals surface area contributed by atoms with E-state index in [0.29, 0.717) is 6.54 Å². The Bertz CT molecular complexity index is 278. The van der Waals surface area contributed by atoms with Gasteiger partial charge in [0.1, 0.15) is 0 Å². The van der Waals surface area contributed by atoms with Crippen molar-refractivity contribution in [2.24, 2.45) is 0 Å². The van der Waals surface area contributed by atoms with Gasteiger partial charge < -0.3 is 10.4 Å². The zero-order valence-corrected chi connectivity index (χ0v) is 9.92. The minimum absolute atomic E-state index is 0.238. The van der Waals surface area contributed by atoms with Crippen molar-refractivity contribution < 1.29 is 5.11 Å². The lowest BCUT2D eigenvalue weighted by molar-refractivity contribution is 0.167. The summed E-state index contributed by atoms with van der Waals surface area (Å²) in [6.07, 6.45) is 0.556. The summed E-state index contributed by atoms with van der Waals surface area (Å²) in [5.41, 5.74) is 1.22. The molecule has 0 aliphatic carbocycles. The molecule has 0 amide bonds. The van der Waals surface area contributed by atoms with Crippen molar-refractivity contribution in [3.05, 3.63) is 34.3 Å². The molecule has 0 spiro atoms. The maximum absolute atomic E-state index is 9.33. The van der Waals surface area contributed by atoms with Gasteiger partial charge in [0, 0.05) is 17.6 Å². The van der Waals surface area contributed by atoms with Gasteiger partial charge in [-0.05, 0) is 18.1 Å². The largest absolute Gasteiger partial charge is 0.392 e. The van der Waals surface area contributed by atoms with Crippen LogP contribution in [-0.4, -0.2) is 17.8 Å². The van der Waals surface area contributed by atoms with Gasteiger partial charge in [0.05, 0.1) is 6.10 Å². The van der Waals surface area contributed by atoms with Gasteiger partial charge in [-0.25, -0.2) is 0 Å². The number of benzene rings is 1. The van der Waals surface area contributed by atoms with Crippen molar-refractivity contribution in [1.82, 2.24) is 5.32 Å². The molecule has 0 fully saturated rings. The van der Waals surface area contributed by atoms with Crippen LogP contribution in [0.15, 0.2) is 28.7 Å². The van der Waals surface area contributed by atoms with E-state index < -0.39 is 0 Å². The van der Waals surface area contributed by atoms with Crippen LogP contribution >= 0.6 is 15.9 Å². The fourth-order valence-electron chi connectivity index (χ4n) is 1.16. The lowest BCUT2D eigenvalue weighted by Crippen LogP contribution is -2.25. The van der Waals surface area contributed by atoms with E-state index in [4.69, 9.17) is 0 Å². The van der Waals surface area contributed by atoms with Crippen LogP contribution < -0.4 is 5.32 Å². The molecule has 0 aliphatic heterocycles. The molecule has 2 nitrogen and oxygen atoms in total. The van der Waals surface area contributed by atoms with Crippen molar-refractivity contribution in [3.63, 3.8) is 0 Å². The Hall–Kier alpha value is -0.380. The smallest absolute Gasteiger partial charge is 0.0662 e. The fourth-order valence-corrected chi connectivity index (χ4v) is 1.58. The second-order valence-corrected chi connectivity index (χ2v) is 4.14. The van der Waals surface area contributed by atoms with Crippen molar-refractivity contribution in [3.8, 4) is 0 Å². The first kappa shape index (κ1) is 11.7. The van der Waals surface area contributed by atoms with Crippen molar-refractivity contribution >= 4 is 15.9 Å². The molecule has 0 saturated heterocycles. The predicted molar refractivity (Wildman–Crippen MR) is 62.1 cm³/mol. The van der Waals surface area contributed by atoms with Gasteiger partial charge in [-0.15, -0.1) is 0 Å². The monoisotopic (exact) mass is 257 g/mol. The molecular formula is C11H16BrNO. The van der Waals surface area contributed by atoms with Gasteiger partial charge in [-0.2, -0.15) is 0 Å². The lowest BCUT2D eigenvalue weighted by Gasteiger charge is -2.10. The summed E-state index contributed by atoms with van der Waals surface area (Å²) >= 11 is 3.48. The van der Waals surface area contributed by atoms with E-state index in [0.717, 1.165) is 17.4 Å². The highest BCUT2D eigenvalue weighted by Crippen LogP contribution is 2.15. The molecular weight excluding hydrogens is 242 g/mol. The summed E-state index contributed by atoms with van der Waals surface area (Å²) < 4.78 is 1.11. The molecule has 0 unspecified atom stereocenters. The summed E-state index contributed by atoms with van der Waals surface area (Å²) in [5, 5.41) is 12.5. The fraction of sp³-hybridized carbons (Fsp3) is 0.455. The number of nitrogens with one attached hydrogen (secondary N) is 1. The summed E-state index contributed by atoms with van der Waals surface area (Å²) in [4.78, 5) is 0. The first-order chi connectivity index (χ1) is 6.74. The normalized spacial score (nSPS) is 12.8. The number of rotatable bonds is 5. The Labute approximate surface area is 93.5 Å². The zero-order valence-electron chi connectivity index (χ0n) is 8.33. The van der Waals surface area contributed by atoms with E-state index in [9.17, 15) is 5.11 Å². The molecule has 0 aromatic heterocycles. The number of aliphatic hydroxyl groups is 1. The van der Waals surface area contributed by atoms with E-state index in [1.807, 2.05) is 25.1 Å². The Morgan fingerprint density at radius 1 is 1.43 bits per heavy atom. The Morgan fingerprint density at radius 2 is 2.14 bits per heavy atom. The molecule has 0 radical (unpaired) electrons. The molecule has 0 heterocycles. The second kappa shape index (κ2) is 6.17. The van der Waals surface area contributed by atoms with Crippen molar-refractivity contribution in [1.29, 1.82) is 0 Å². The third kappa shape index (κ3) is 3.78. The van der Waals surface area contributed by atoms with E-state index in [1.54, 1.807) is 0 Å². The van der Waals surface area contributed by atoms with Crippen LogP contribution in [0.4, 0.5) is 0 Å². The van der Waals surface area contributed by atoms with Gasteiger partial charge in [-0.1, -0.05) is 41.1 Å². The van der Waals surface area contributed by atoms with Crippen LogP contribution in [0.25, 0.3) is 0 Å². The molecule has 1 atom stereocenters. The van der Waals surface area contributed by atoms with Crippen LogP contribution in [-0.2, 0) is 6.54 Å². The zero-order chi connectivity index (χ0) is 10.4. The molecule has 1 aromatic carbocycles. The summed E-state index contributed by atoms with van der Waals surface area (Å²) in [6.45, 7) is 3.42. The molecule has 2 N–H and O–H groups in total. The van der Waals surface area contributed by atoms with Gasteiger partial charge in [0.2, 0.25) is 0 Å². The van der Waals surface area contributed by atoms with Crippen molar-refractivity contribution in [2.75, 3.05) is 6.54 Å². The SMILES string of the molecule is CC[C@@H](O)CNCc1ccccc1Br. The van der Waals surface area contributed by atoms with Crippen LogP contribution in [0.3, 0.4) is 0 Å². The molecule has 0 saturated carbocycles. The van der Waals surface area contributed by atoms with Crippen LogP contribution in [0, 0.1) is 0 Å². The third-order valence-corrected chi connectivity index (χ3v) is 2.90. The molecule has 0 aliphatic rings. The minimum Gasteiger partial charge on any atom is -0.392 e. The highest BCUT2D eigenvalue weighted by Gasteiger charge is 2.01. The Kier molecular flexibility index (Phi) is 5.15. The molecule has 1 aromatic rings. The maximum Gasteiger partial charge on any atom is 0.0662 e. The Morgan fingerprint density at radius 3 is 2.79 bits per heavy atom. The number of halogens is 1. The summed E-state index contributed by atoms with van der Waals surface area (Å²) in [6, 6.07) is 8.09. The molecule has 0 bridgehead atoms. The number of hydrogen-bond donors (Lipinski definition) is 2. The molecule has 78 valence electrons. The van der Waals surface area contributed by atoms with Crippen LogP contribution in [0.2, 0.25) is 0 Å². The van der Waals surface area contributed by atoms with E-state index >= 15 is 0 Å².